The quantitative estimate of drug-likeness (QED) is 0.738. The molecule has 2 aliphatic carbocycles. The van der Waals surface area contributed by atoms with Gasteiger partial charge in [0.05, 0.1) is 19.3 Å². The molecule has 0 N–H and O–H groups in total. The number of aryl methyl sites for hydroxylation is 1. The summed E-state index contributed by atoms with van der Waals surface area (Å²) in [4.78, 5) is -0.116. The van der Waals surface area contributed by atoms with E-state index in [0.29, 0.717) is 0 Å². The van der Waals surface area contributed by atoms with E-state index >= 15 is 0 Å². The van der Waals surface area contributed by atoms with Crippen molar-refractivity contribution in [3.8, 4) is 5.75 Å². The van der Waals surface area contributed by atoms with Gasteiger partial charge in [-0.25, -0.2) is 12.8 Å². The molecule has 0 atom stereocenters. The number of hydrogen-bond donors (Lipinski definition) is 0. The maximum atomic E-state index is 13.9. The summed E-state index contributed by atoms with van der Waals surface area (Å²) in [5.74, 6) is -0.430. The zero-order chi connectivity index (χ0) is 19.9. The number of methoxy groups -OCH3 is 1. The van der Waals surface area contributed by atoms with Gasteiger partial charge in [-0.15, -0.1) is 0 Å². The summed E-state index contributed by atoms with van der Waals surface area (Å²) in [6, 6.07) is 3.53. The number of benzene rings is 1. The Morgan fingerprint density at radius 1 is 1.25 bits per heavy atom. The first kappa shape index (κ1) is 19.4. The van der Waals surface area contributed by atoms with Crippen molar-refractivity contribution in [2.24, 2.45) is 7.05 Å². The van der Waals surface area contributed by atoms with Crippen molar-refractivity contribution in [2.45, 2.75) is 62.4 Å². The number of fused-ring (bicyclic) bond motifs is 1. The van der Waals surface area contributed by atoms with Gasteiger partial charge in [0.15, 0.2) is 0 Å². The number of halogens is 1. The minimum absolute atomic E-state index is 0.1000. The summed E-state index contributed by atoms with van der Waals surface area (Å²) < 4.78 is 49.8. The van der Waals surface area contributed by atoms with Crippen LogP contribution < -0.4 is 4.74 Å². The van der Waals surface area contributed by atoms with Crippen LogP contribution in [0.25, 0.3) is 0 Å². The molecule has 28 heavy (non-hydrogen) atoms. The highest BCUT2D eigenvalue weighted by molar-refractivity contribution is 7.89. The fraction of sp³-hybridized carbons (Fsp3) is 0.550. The monoisotopic (exact) mass is 407 g/mol. The summed E-state index contributed by atoms with van der Waals surface area (Å²) in [7, 11) is -0.622. The third-order valence-electron chi connectivity index (χ3n) is 5.95. The first-order valence-corrected chi connectivity index (χ1v) is 11.2. The van der Waals surface area contributed by atoms with Gasteiger partial charge in [0.2, 0.25) is 10.0 Å². The highest BCUT2D eigenvalue weighted by atomic mass is 32.2. The highest BCUT2D eigenvalue weighted by Crippen LogP contribution is 2.35. The fourth-order valence-electron chi connectivity index (χ4n) is 4.55. The van der Waals surface area contributed by atoms with E-state index in [1.807, 2.05) is 11.7 Å². The number of hydrogen-bond acceptors (Lipinski definition) is 4. The fourth-order valence-corrected chi connectivity index (χ4v) is 6.37. The third kappa shape index (κ3) is 3.33. The summed E-state index contributed by atoms with van der Waals surface area (Å²) in [6.07, 6.45) is 6.60. The SMILES string of the molecule is COc1ccc(F)cc1S(=O)(=O)N(Cc1nn(C)c2c1CCC2)C1CCCC1. The Morgan fingerprint density at radius 2 is 2.00 bits per heavy atom. The van der Waals surface area contributed by atoms with E-state index in [0.717, 1.165) is 56.7 Å². The van der Waals surface area contributed by atoms with Crippen LogP contribution in [0.3, 0.4) is 0 Å². The van der Waals surface area contributed by atoms with Crippen LogP contribution in [0.2, 0.25) is 0 Å². The third-order valence-corrected chi connectivity index (χ3v) is 7.87. The van der Waals surface area contributed by atoms with Gasteiger partial charge in [0.25, 0.3) is 0 Å². The maximum Gasteiger partial charge on any atom is 0.247 e. The lowest BCUT2D eigenvalue weighted by Crippen LogP contribution is -2.38. The van der Waals surface area contributed by atoms with Gasteiger partial charge in [0, 0.05) is 18.8 Å². The number of rotatable bonds is 6. The Labute approximate surface area is 165 Å². The van der Waals surface area contributed by atoms with Crippen molar-refractivity contribution < 1.29 is 17.5 Å². The first-order chi connectivity index (χ1) is 13.4. The molecule has 152 valence electrons. The van der Waals surface area contributed by atoms with Gasteiger partial charge in [0.1, 0.15) is 16.5 Å². The minimum Gasteiger partial charge on any atom is -0.495 e. The molecule has 0 amide bonds. The zero-order valence-electron chi connectivity index (χ0n) is 16.3. The van der Waals surface area contributed by atoms with Gasteiger partial charge in [-0.2, -0.15) is 9.40 Å². The standard InChI is InChI=1S/C20H26FN3O3S/c1-23-18-9-5-8-16(18)17(22-23)13-24(15-6-3-4-7-15)28(25,26)20-12-14(21)10-11-19(20)27-2/h10-12,15H,3-9,13H2,1-2H3. The molecule has 0 aliphatic heterocycles. The van der Waals surface area contributed by atoms with Crippen molar-refractivity contribution in [3.63, 3.8) is 0 Å². The van der Waals surface area contributed by atoms with Crippen molar-refractivity contribution in [1.29, 1.82) is 0 Å². The minimum atomic E-state index is -3.94. The van der Waals surface area contributed by atoms with E-state index in [2.05, 4.69) is 5.10 Å². The lowest BCUT2D eigenvalue weighted by molar-refractivity contribution is 0.309. The lowest BCUT2D eigenvalue weighted by Gasteiger charge is -2.28. The molecule has 1 heterocycles. The van der Waals surface area contributed by atoms with Gasteiger partial charge in [-0.1, -0.05) is 12.8 Å². The first-order valence-electron chi connectivity index (χ1n) is 9.81. The van der Waals surface area contributed by atoms with Crippen LogP contribution in [0.1, 0.15) is 49.1 Å². The van der Waals surface area contributed by atoms with Gasteiger partial charge in [-0.3, -0.25) is 4.68 Å². The average Bonchev–Trinajstić information content (AvgIpc) is 3.40. The number of aromatic nitrogens is 2. The second kappa shape index (κ2) is 7.48. The Balaban J connectivity index is 1.77. The van der Waals surface area contributed by atoms with E-state index in [-0.39, 0.29) is 23.2 Å². The molecule has 1 fully saturated rings. The Bertz CT molecular complexity index is 981. The van der Waals surface area contributed by atoms with Gasteiger partial charge >= 0.3 is 0 Å². The molecular weight excluding hydrogens is 381 g/mol. The van der Waals surface area contributed by atoms with Crippen LogP contribution in [0, 0.1) is 5.82 Å². The van der Waals surface area contributed by atoms with Gasteiger partial charge in [-0.05, 0) is 55.9 Å². The van der Waals surface area contributed by atoms with E-state index in [1.54, 1.807) is 0 Å². The molecule has 0 unspecified atom stereocenters. The topological polar surface area (TPSA) is 64.4 Å². The number of nitrogens with zero attached hydrogens (tertiary/aromatic N) is 3. The maximum absolute atomic E-state index is 13.9. The summed E-state index contributed by atoms with van der Waals surface area (Å²) >= 11 is 0. The molecule has 2 aliphatic rings. The molecule has 1 saturated carbocycles. The van der Waals surface area contributed by atoms with E-state index < -0.39 is 15.8 Å². The van der Waals surface area contributed by atoms with Crippen LogP contribution in [-0.2, 0) is 36.5 Å². The Hall–Kier alpha value is -1.93. The molecular formula is C20H26FN3O3S. The van der Waals surface area contributed by atoms with E-state index in [4.69, 9.17) is 4.74 Å². The number of sulfonamides is 1. The van der Waals surface area contributed by atoms with Crippen LogP contribution in [0.15, 0.2) is 23.1 Å². The van der Waals surface area contributed by atoms with Crippen LogP contribution in [-0.4, -0.2) is 35.7 Å². The molecule has 1 aromatic heterocycles. The molecule has 4 rings (SSSR count). The molecule has 8 heteroatoms. The van der Waals surface area contributed by atoms with E-state index in [9.17, 15) is 12.8 Å². The molecule has 1 aromatic carbocycles. The smallest absolute Gasteiger partial charge is 0.247 e. The Morgan fingerprint density at radius 3 is 2.71 bits per heavy atom. The second-order valence-electron chi connectivity index (χ2n) is 7.63. The van der Waals surface area contributed by atoms with Gasteiger partial charge < -0.3 is 4.74 Å². The van der Waals surface area contributed by atoms with Crippen LogP contribution in [0.4, 0.5) is 4.39 Å². The average molecular weight is 408 g/mol. The van der Waals surface area contributed by atoms with Crippen molar-refractivity contribution in [3.05, 3.63) is 41.0 Å². The molecule has 0 spiro atoms. The van der Waals surface area contributed by atoms with Crippen molar-refractivity contribution in [1.82, 2.24) is 14.1 Å². The molecule has 6 nitrogen and oxygen atoms in total. The Kier molecular flexibility index (Phi) is 5.18. The molecule has 0 saturated heterocycles. The lowest BCUT2D eigenvalue weighted by atomic mass is 10.2. The summed E-state index contributed by atoms with van der Waals surface area (Å²) in [5, 5.41) is 4.62. The normalized spacial score (nSPS) is 17.4. The highest BCUT2D eigenvalue weighted by Gasteiger charge is 2.37. The summed E-state index contributed by atoms with van der Waals surface area (Å²) in [6.45, 7) is 0.218. The van der Waals surface area contributed by atoms with Crippen molar-refractivity contribution >= 4 is 10.0 Å². The predicted molar refractivity (Wildman–Crippen MR) is 103 cm³/mol. The molecule has 0 bridgehead atoms. The van der Waals surface area contributed by atoms with Crippen molar-refractivity contribution in [2.75, 3.05) is 7.11 Å². The number of ether oxygens (including phenoxy) is 1. The van der Waals surface area contributed by atoms with Crippen LogP contribution >= 0.6 is 0 Å². The second-order valence-corrected chi connectivity index (χ2v) is 9.49. The largest absolute Gasteiger partial charge is 0.495 e. The predicted octanol–water partition coefficient (Wildman–Crippen LogP) is 3.19. The molecule has 0 radical (unpaired) electrons. The van der Waals surface area contributed by atoms with E-state index in [1.165, 1.54) is 34.8 Å². The zero-order valence-corrected chi connectivity index (χ0v) is 17.1. The van der Waals surface area contributed by atoms with Crippen LogP contribution in [0.5, 0.6) is 5.75 Å². The molecule has 2 aromatic rings. The summed E-state index contributed by atoms with van der Waals surface area (Å²) in [5.41, 5.74) is 3.19.